The van der Waals surface area contributed by atoms with Gasteiger partial charge in [-0.2, -0.15) is 0 Å². The molecule has 0 aliphatic rings. The van der Waals surface area contributed by atoms with Crippen molar-refractivity contribution in [3.8, 4) is 0 Å². The molecule has 0 unspecified atom stereocenters. The van der Waals surface area contributed by atoms with Crippen LogP contribution in [0.3, 0.4) is 0 Å². The molecule has 0 bridgehead atoms. The lowest BCUT2D eigenvalue weighted by atomic mass is 9.87. The number of rotatable bonds is 25. The van der Waals surface area contributed by atoms with E-state index < -0.39 is 0 Å². The standard InChI is InChI=1S/C30H58O4/c1-5-7-9-22-26-33-28(31)24-20-18-16-14-12-11-13-15-17-19-21-25-30(3,4)29(32)34-27-23-10-8-6-2/h5-27H2,1-4H3. The fourth-order valence-electron chi connectivity index (χ4n) is 4.21. The second kappa shape index (κ2) is 23.7. The van der Waals surface area contributed by atoms with Gasteiger partial charge in [0.15, 0.2) is 0 Å². The summed E-state index contributed by atoms with van der Waals surface area (Å²) in [5.41, 5.74) is -0.351. The van der Waals surface area contributed by atoms with Crippen molar-refractivity contribution < 1.29 is 19.1 Å². The molecule has 0 amide bonds. The molecule has 202 valence electrons. The maximum atomic E-state index is 12.3. The molecular formula is C30H58O4. The zero-order valence-electron chi connectivity index (χ0n) is 23.4. The van der Waals surface area contributed by atoms with Crippen LogP contribution in [-0.4, -0.2) is 25.2 Å². The molecular weight excluding hydrogens is 424 g/mol. The summed E-state index contributed by atoms with van der Waals surface area (Å²) >= 11 is 0. The SMILES string of the molecule is CCCCCCOC(=O)CCCCCCCCCCCCCC(C)(C)C(=O)OCCCCCC. The summed E-state index contributed by atoms with van der Waals surface area (Å²) in [6, 6.07) is 0. The molecule has 0 aliphatic carbocycles. The van der Waals surface area contributed by atoms with Crippen LogP contribution in [0.1, 0.15) is 163 Å². The highest BCUT2D eigenvalue weighted by Crippen LogP contribution is 2.26. The van der Waals surface area contributed by atoms with Crippen molar-refractivity contribution >= 4 is 11.9 Å². The normalized spacial score (nSPS) is 11.5. The Kier molecular flexibility index (Phi) is 22.9. The molecule has 0 aliphatic heterocycles. The number of hydrogen-bond acceptors (Lipinski definition) is 4. The van der Waals surface area contributed by atoms with Gasteiger partial charge in [-0.25, -0.2) is 0 Å². The van der Waals surface area contributed by atoms with E-state index in [2.05, 4.69) is 13.8 Å². The Balaban J connectivity index is 3.42. The van der Waals surface area contributed by atoms with E-state index in [0.717, 1.165) is 51.4 Å². The third kappa shape index (κ3) is 21.5. The van der Waals surface area contributed by atoms with Crippen LogP contribution in [0, 0.1) is 5.41 Å². The molecule has 0 saturated carbocycles. The first-order chi connectivity index (χ1) is 16.4. The fourth-order valence-corrected chi connectivity index (χ4v) is 4.21. The van der Waals surface area contributed by atoms with Gasteiger partial charge in [-0.1, -0.05) is 117 Å². The number of carbonyl (C=O) groups excluding carboxylic acids is 2. The predicted molar refractivity (Wildman–Crippen MR) is 144 cm³/mol. The smallest absolute Gasteiger partial charge is 0.311 e. The van der Waals surface area contributed by atoms with E-state index in [1.807, 2.05) is 13.8 Å². The van der Waals surface area contributed by atoms with Crippen molar-refractivity contribution in [1.29, 1.82) is 0 Å². The maximum absolute atomic E-state index is 12.3. The Morgan fingerprint density at radius 2 is 0.941 bits per heavy atom. The van der Waals surface area contributed by atoms with Crippen molar-refractivity contribution in [2.45, 2.75) is 163 Å². The minimum atomic E-state index is -0.351. The molecule has 0 saturated heterocycles. The van der Waals surface area contributed by atoms with Gasteiger partial charge in [0.05, 0.1) is 18.6 Å². The molecule has 34 heavy (non-hydrogen) atoms. The Morgan fingerprint density at radius 3 is 1.44 bits per heavy atom. The Morgan fingerprint density at radius 1 is 0.529 bits per heavy atom. The number of ether oxygens (including phenoxy) is 2. The van der Waals surface area contributed by atoms with Crippen molar-refractivity contribution in [3.05, 3.63) is 0 Å². The van der Waals surface area contributed by atoms with Crippen molar-refractivity contribution in [1.82, 2.24) is 0 Å². The summed E-state index contributed by atoms with van der Waals surface area (Å²) in [5.74, 6) is -0.0394. The molecule has 0 spiro atoms. The van der Waals surface area contributed by atoms with Crippen LogP contribution >= 0.6 is 0 Å². The van der Waals surface area contributed by atoms with Gasteiger partial charge >= 0.3 is 11.9 Å². The van der Waals surface area contributed by atoms with Crippen molar-refractivity contribution in [3.63, 3.8) is 0 Å². The third-order valence-electron chi connectivity index (χ3n) is 6.73. The summed E-state index contributed by atoms with van der Waals surface area (Å²) in [7, 11) is 0. The summed E-state index contributed by atoms with van der Waals surface area (Å²) in [6.45, 7) is 9.61. The van der Waals surface area contributed by atoms with Crippen molar-refractivity contribution in [2.75, 3.05) is 13.2 Å². The molecule has 0 heterocycles. The molecule has 0 aromatic heterocycles. The largest absolute Gasteiger partial charge is 0.466 e. The minimum absolute atomic E-state index is 0.0146. The quantitative estimate of drug-likeness (QED) is 0.0960. The second-order valence-electron chi connectivity index (χ2n) is 10.8. The monoisotopic (exact) mass is 482 g/mol. The summed E-state index contributed by atoms with van der Waals surface area (Å²) in [6.07, 6.45) is 24.1. The van der Waals surface area contributed by atoms with Crippen LogP contribution in [0.4, 0.5) is 0 Å². The predicted octanol–water partition coefficient (Wildman–Crippen LogP) is 9.33. The number of hydrogen-bond donors (Lipinski definition) is 0. The minimum Gasteiger partial charge on any atom is -0.466 e. The van der Waals surface area contributed by atoms with Crippen LogP contribution in [-0.2, 0) is 19.1 Å². The average molecular weight is 483 g/mol. The van der Waals surface area contributed by atoms with Gasteiger partial charge in [-0.3, -0.25) is 9.59 Å². The first-order valence-electron chi connectivity index (χ1n) is 14.8. The highest BCUT2D eigenvalue weighted by atomic mass is 16.5. The third-order valence-corrected chi connectivity index (χ3v) is 6.73. The lowest BCUT2D eigenvalue weighted by molar-refractivity contribution is -0.154. The van der Waals surface area contributed by atoms with Crippen LogP contribution in [0.5, 0.6) is 0 Å². The highest BCUT2D eigenvalue weighted by Gasteiger charge is 2.28. The molecule has 0 fully saturated rings. The lowest BCUT2D eigenvalue weighted by Crippen LogP contribution is -2.27. The molecule has 0 aromatic rings. The van der Waals surface area contributed by atoms with Gasteiger partial charge in [0.25, 0.3) is 0 Å². The zero-order chi connectivity index (χ0) is 25.3. The van der Waals surface area contributed by atoms with Crippen molar-refractivity contribution in [2.24, 2.45) is 5.41 Å². The van der Waals surface area contributed by atoms with E-state index >= 15 is 0 Å². The first-order valence-corrected chi connectivity index (χ1v) is 14.8. The number of carbonyl (C=O) groups is 2. The van der Waals surface area contributed by atoms with Crippen LogP contribution in [0.15, 0.2) is 0 Å². The molecule has 0 radical (unpaired) electrons. The molecule has 0 aromatic carbocycles. The molecule has 4 heteroatoms. The zero-order valence-corrected chi connectivity index (χ0v) is 23.4. The van der Waals surface area contributed by atoms with Gasteiger partial charge in [-0.05, 0) is 39.5 Å². The molecule has 4 nitrogen and oxygen atoms in total. The Bertz CT molecular complexity index is 472. The number of esters is 2. The molecule has 0 N–H and O–H groups in total. The molecule has 0 atom stereocenters. The van der Waals surface area contributed by atoms with E-state index in [9.17, 15) is 9.59 Å². The van der Waals surface area contributed by atoms with Gasteiger partial charge < -0.3 is 9.47 Å². The Labute approximate surface area is 212 Å². The van der Waals surface area contributed by atoms with Crippen LogP contribution < -0.4 is 0 Å². The van der Waals surface area contributed by atoms with E-state index in [1.54, 1.807) is 0 Å². The van der Waals surface area contributed by atoms with E-state index in [4.69, 9.17) is 9.47 Å². The number of unbranched alkanes of at least 4 members (excludes halogenated alkanes) is 16. The maximum Gasteiger partial charge on any atom is 0.311 e. The first kappa shape index (κ1) is 32.9. The average Bonchev–Trinajstić information content (AvgIpc) is 2.81. The van der Waals surface area contributed by atoms with Crippen LogP contribution in [0.25, 0.3) is 0 Å². The summed E-state index contributed by atoms with van der Waals surface area (Å²) in [4.78, 5) is 24.0. The highest BCUT2D eigenvalue weighted by molar-refractivity contribution is 5.75. The Hall–Kier alpha value is -1.06. The van der Waals surface area contributed by atoms with Gasteiger partial charge in [-0.15, -0.1) is 0 Å². The fraction of sp³-hybridized carbons (Fsp3) is 0.933. The second-order valence-corrected chi connectivity index (χ2v) is 10.8. The van der Waals surface area contributed by atoms with Crippen LogP contribution in [0.2, 0.25) is 0 Å². The summed E-state index contributed by atoms with van der Waals surface area (Å²) < 4.78 is 10.8. The van der Waals surface area contributed by atoms with Gasteiger partial charge in [0.2, 0.25) is 0 Å². The lowest BCUT2D eigenvalue weighted by Gasteiger charge is -2.22. The van der Waals surface area contributed by atoms with E-state index in [1.165, 1.54) is 77.0 Å². The molecule has 0 rings (SSSR count). The van der Waals surface area contributed by atoms with E-state index in [-0.39, 0.29) is 17.4 Å². The van der Waals surface area contributed by atoms with Gasteiger partial charge in [0.1, 0.15) is 0 Å². The topological polar surface area (TPSA) is 52.6 Å². The van der Waals surface area contributed by atoms with E-state index in [0.29, 0.717) is 19.6 Å². The van der Waals surface area contributed by atoms with Gasteiger partial charge in [0, 0.05) is 6.42 Å². The summed E-state index contributed by atoms with van der Waals surface area (Å²) in [5, 5.41) is 0.